The van der Waals surface area contributed by atoms with Crippen molar-refractivity contribution in [2.24, 2.45) is 10.8 Å². The highest BCUT2D eigenvalue weighted by Gasteiger charge is 2.28. The second-order valence-corrected chi connectivity index (χ2v) is 4.65. The zero-order chi connectivity index (χ0) is 19.4. The standard InChI is InChI=1S/C15H10F5N3O3/c1-25-8-4-6(5-22-23-15(21)24)2-3-7(8)26-14-12(19)10(17)9(16)11(18)13(14)20/h2-5H,1H3,(H3,21,23,24)/b22-5-. The largest absolute Gasteiger partial charge is 0.493 e. The summed E-state index contributed by atoms with van der Waals surface area (Å²) in [5.41, 5.74) is 7.10. The van der Waals surface area contributed by atoms with Crippen LogP contribution in [0.1, 0.15) is 5.56 Å². The summed E-state index contributed by atoms with van der Waals surface area (Å²) in [6, 6.07) is 2.83. The van der Waals surface area contributed by atoms with E-state index in [1.54, 1.807) is 0 Å². The summed E-state index contributed by atoms with van der Waals surface area (Å²) in [7, 11) is 1.18. The molecular weight excluding hydrogens is 365 g/mol. The Morgan fingerprint density at radius 1 is 1.04 bits per heavy atom. The van der Waals surface area contributed by atoms with Gasteiger partial charge in [0.15, 0.2) is 11.5 Å². The van der Waals surface area contributed by atoms with Crippen LogP contribution in [0.25, 0.3) is 0 Å². The molecule has 0 aliphatic carbocycles. The van der Waals surface area contributed by atoms with Gasteiger partial charge in [-0.25, -0.2) is 23.4 Å². The Kier molecular flexibility index (Phi) is 5.60. The van der Waals surface area contributed by atoms with Crippen molar-refractivity contribution in [2.75, 3.05) is 7.11 Å². The summed E-state index contributed by atoms with van der Waals surface area (Å²) in [4.78, 5) is 10.5. The Hall–Kier alpha value is -3.37. The fourth-order valence-corrected chi connectivity index (χ4v) is 1.80. The van der Waals surface area contributed by atoms with Crippen molar-refractivity contribution in [2.45, 2.75) is 0 Å². The number of hydrazone groups is 1. The van der Waals surface area contributed by atoms with Crippen LogP contribution in [-0.4, -0.2) is 19.4 Å². The lowest BCUT2D eigenvalue weighted by atomic mass is 10.2. The lowest BCUT2D eigenvalue weighted by Gasteiger charge is -2.13. The molecule has 11 heteroatoms. The molecule has 138 valence electrons. The molecule has 0 fully saturated rings. The molecule has 0 unspecified atom stereocenters. The summed E-state index contributed by atoms with van der Waals surface area (Å²) >= 11 is 0. The van der Waals surface area contributed by atoms with E-state index in [2.05, 4.69) is 5.10 Å². The van der Waals surface area contributed by atoms with Crippen molar-refractivity contribution in [3.63, 3.8) is 0 Å². The van der Waals surface area contributed by atoms with Crippen LogP contribution in [0.4, 0.5) is 26.7 Å². The number of nitrogens with zero attached hydrogens (tertiary/aromatic N) is 1. The van der Waals surface area contributed by atoms with Crippen molar-refractivity contribution in [3.8, 4) is 17.2 Å². The van der Waals surface area contributed by atoms with Crippen LogP contribution in [0.5, 0.6) is 17.2 Å². The fraction of sp³-hybridized carbons (Fsp3) is 0.0667. The molecule has 0 aliphatic heterocycles. The van der Waals surface area contributed by atoms with E-state index in [4.69, 9.17) is 15.2 Å². The van der Waals surface area contributed by atoms with E-state index in [1.165, 1.54) is 19.2 Å². The summed E-state index contributed by atoms with van der Waals surface area (Å²) < 4.78 is 76.6. The smallest absolute Gasteiger partial charge is 0.332 e. The van der Waals surface area contributed by atoms with Crippen LogP contribution in [0.15, 0.2) is 23.3 Å². The molecule has 0 saturated heterocycles. The first-order chi connectivity index (χ1) is 12.3. The third-order valence-electron chi connectivity index (χ3n) is 2.96. The number of methoxy groups -OCH3 is 1. The number of carbonyl (C=O) groups is 1. The van der Waals surface area contributed by atoms with Crippen LogP contribution in [0, 0.1) is 29.1 Å². The van der Waals surface area contributed by atoms with Gasteiger partial charge in [-0.05, 0) is 23.8 Å². The molecule has 26 heavy (non-hydrogen) atoms. The Labute approximate surface area is 143 Å². The van der Waals surface area contributed by atoms with Gasteiger partial charge in [-0.2, -0.15) is 13.9 Å². The molecular formula is C15H10F5N3O3. The van der Waals surface area contributed by atoms with E-state index in [0.717, 1.165) is 12.3 Å². The third kappa shape index (κ3) is 3.82. The summed E-state index contributed by atoms with van der Waals surface area (Å²) in [5, 5.41) is 3.48. The molecule has 2 rings (SSSR count). The highest BCUT2D eigenvalue weighted by Crippen LogP contribution is 2.37. The van der Waals surface area contributed by atoms with Crippen molar-refractivity contribution in [1.29, 1.82) is 0 Å². The van der Waals surface area contributed by atoms with Gasteiger partial charge in [-0.1, -0.05) is 0 Å². The number of primary amides is 1. The van der Waals surface area contributed by atoms with Gasteiger partial charge in [0.1, 0.15) is 0 Å². The molecule has 0 heterocycles. The van der Waals surface area contributed by atoms with Gasteiger partial charge in [0.05, 0.1) is 13.3 Å². The van der Waals surface area contributed by atoms with E-state index >= 15 is 0 Å². The van der Waals surface area contributed by atoms with Gasteiger partial charge < -0.3 is 15.2 Å². The van der Waals surface area contributed by atoms with Crippen molar-refractivity contribution in [3.05, 3.63) is 52.8 Å². The summed E-state index contributed by atoms with van der Waals surface area (Å²) in [5.74, 6) is -12.7. The van der Waals surface area contributed by atoms with Crippen molar-refractivity contribution >= 4 is 12.2 Å². The maximum atomic E-state index is 13.7. The van der Waals surface area contributed by atoms with Crippen LogP contribution < -0.4 is 20.6 Å². The normalized spacial score (nSPS) is 10.8. The number of rotatable bonds is 5. The van der Waals surface area contributed by atoms with Crippen molar-refractivity contribution in [1.82, 2.24) is 5.43 Å². The maximum absolute atomic E-state index is 13.7. The molecule has 0 atom stereocenters. The Morgan fingerprint density at radius 3 is 2.15 bits per heavy atom. The highest BCUT2D eigenvalue weighted by molar-refractivity contribution is 5.82. The molecule has 0 radical (unpaired) electrons. The fourth-order valence-electron chi connectivity index (χ4n) is 1.80. The first kappa shape index (κ1) is 19.0. The van der Waals surface area contributed by atoms with Gasteiger partial charge in [0.2, 0.25) is 34.8 Å². The van der Waals surface area contributed by atoms with Crippen LogP contribution >= 0.6 is 0 Å². The number of nitrogens with one attached hydrogen (secondary N) is 1. The third-order valence-corrected chi connectivity index (χ3v) is 2.96. The van der Waals surface area contributed by atoms with Crippen molar-refractivity contribution < 1.29 is 36.2 Å². The summed E-state index contributed by atoms with van der Waals surface area (Å²) in [6.45, 7) is 0. The van der Waals surface area contributed by atoms with Crippen LogP contribution in [-0.2, 0) is 0 Å². The van der Waals surface area contributed by atoms with Gasteiger partial charge in [0.25, 0.3) is 0 Å². The van der Waals surface area contributed by atoms with Crippen LogP contribution in [0.2, 0.25) is 0 Å². The van der Waals surface area contributed by atoms with E-state index in [1.807, 2.05) is 5.43 Å². The van der Waals surface area contributed by atoms with E-state index in [0.29, 0.717) is 5.56 Å². The average Bonchev–Trinajstić information content (AvgIpc) is 2.62. The molecule has 0 spiro atoms. The topological polar surface area (TPSA) is 85.9 Å². The minimum Gasteiger partial charge on any atom is -0.493 e. The number of benzene rings is 2. The minimum atomic E-state index is -2.30. The number of ether oxygens (including phenoxy) is 2. The SMILES string of the molecule is COc1cc(/C=N\NC(N)=O)ccc1Oc1c(F)c(F)c(F)c(F)c1F. The molecule has 2 aromatic carbocycles. The van der Waals surface area contributed by atoms with E-state index in [9.17, 15) is 26.7 Å². The molecule has 0 bridgehead atoms. The monoisotopic (exact) mass is 375 g/mol. The quantitative estimate of drug-likeness (QED) is 0.277. The average molecular weight is 375 g/mol. The van der Waals surface area contributed by atoms with Gasteiger partial charge in [-0.3, -0.25) is 0 Å². The number of nitrogens with two attached hydrogens (primary N) is 1. The van der Waals surface area contributed by atoms with Gasteiger partial charge in [-0.15, -0.1) is 0 Å². The van der Waals surface area contributed by atoms with E-state index in [-0.39, 0.29) is 11.5 Å². The number of urea groups is 1. The lowest BCUT2D eigenvalue weighted by molar-refractivity contribution is 0.249. The number of hydrogen-bond acceptors (Lipinski definition) is 4. The predicted octanol–water partition coefficient (Wildman–Crippen LogP) is 3.19. The molecule has 2 aromatic rings. The Bertz CT molecular complexity index is 860. The Morgan fingerprint density at radius 2 is 1.62 bits per heavy atom. The first-order valence-electron chi connectivity index (χ1n) is 6.72. The second kappa shape index (κ2) is 7.68. The maximum Gasteiger partial charge on any atom is 0.332 e. The predicted molar refractivity (Wildman–Crippen MR) is 79.6 cm³/mol. The number of carbonyl (C=O) groups excluding carboxylic acids is 1. The first-order valence-corrected chi connectivity index (χ1v) is 6.72. The highest BCUT2D eigenvalue weighted by atomic mass is 19.2. The lowest BCUT2D eigenvalue weighted by Crippen LogP contribution is -2.24. The second-order valence-electron chi connectivity index (χ2n) is 4.65. The molecule has 0 saturated carbocycles. The number of halogens is 5. The number of amides is 2. The molecule has 6 nitrogen and oxygen atoms in total. The van der Waals surface area contributed by atoms with Gasteiger partial charge >= 0.3 is 6.03 Å². The van der Waals surface area contributed by atoms with E-state index < -0.39 is 40.9 Å². The molecule has 0 aromatic heterocycles. The minimum absolute atomic E-state index is 0.100. The number of hydrogen-bond donors (Lipinski definition) is 2. The molecule has 0 aliphatic rings. The Balaban J connectivity index is 2.39. The zero-order valence-electron chi connectivity index (χ0n) is 12.9. The van der Waals surface area contributed by atoms with Gasteiger partial charge in [0, 0.05) is 0 Å². The molecule has 3 N–H and O–H groups in total. The molecule has 2 amide bonds. The van der Waals surface area contributed by atoms with Crippen LogP contribution in [0.3, 0.4) is 0 Å². The zero-order valence-corrected chi connectivity index (χ0v) is 12.9. The summed E-state index contributed by atoms with van der Waals surface area (Å²) in [6.07, 6.45) is 1.16.